The van der Waals surface area contributed by atoms with E-state index in [4.69, 9.17) is 27.6 Å². The largest absolute Gasteiger partial charge is 0.455 e. The number of halogens is 2. The van der Waals surface area contributed by atoms with Gasteiger partial charge >= 0.3 is 0 Å². The maximum Gasteiger partial charge on any atom is 0.158 e. The molecule has 0 atom stereocenters. The molecule has 1 heterocycles. The molecule has 0 radical (unpaired) electrons. The van der Waals surface area contributed by atoms with E-state index in [-0.39, 0.29) is 0 Å². The van der Waals surface area contributed by atoms with E-state index in [2.05, 4.69) is 0 Å². The molecule has 2 rings (SSSR count). The molecule has 84 valence electrons. The normalized spacial score (nSPS) is 10.7. The van der Waals surface area contributed by atoms with Gasteiger partial charge in [-0.1, -0.05) is 23.2 Å². The van der Waals surface area contributed by atoms with Crippen LogP contribution in [0.2, 0.25) is 10.0 Å². The summed E-state index contributed by atoms with van der Waals surface area (Å²) in [4.78, 5) is 0. The van der Waals surface area contributed by atoms with Crippen LogP contribution in [0.25, 0.3) is 11.3 Å². The summed E-state index contributed by atoms with van der Waals surface area (Å²) in [7, 11) is 1.99. The molecule has 0 saturated carbocycles. The Morgan fingerprint density at radius 3 is 2.75 bits per heavy atom. The molecule has 2 nitrogen and oxygen atoms in total. The zero-order valence-electron chi connectivity index (χ0n) is 8.84. The number of furan rings is 1. The Balaban J connectivity index is 2.38. The number of hydrogen-bond donors (Lipinski definition) is 1. The standard InChI is InChI=1S/C12H11Cl2NO/c1-15-7-9-3-5-12(16-9)10-6-8(13)2-4-11(10)14/h2-6,15H,7H2,1H3/p+1. The van der Waals surface area contributed by atoms with Crippen molar-refractivity contribution in [2.75, 3.05) is 7.05 Å². The highest BCUT2D eigenvalue weighted by Crippen LogP contribution is 2.31. The molecule has 1 aromatic carbocycles. The van der Waals surface area contributed by atoms with Gasteiger partial charge in [0.15, 0.2) is 5.76 Å². The minimum absolute atomic E-state index is 0.644. The summed E-state index contributed by atoms with van der Waals surface area (Å²) in [6.45, 7) is 0.818. The number of hydrogen-bond acceptors (Lipinski definition) is 1. The van der Waals surface area contributed by atoms with E-state index in [0.717, 1.165) is 23.6 Å². The fraction of sp³-hybridized carbons (Fsp3) is 0.167. The fourth-order valence-corrected chi connectivity index (χ4v) is 1.90. The maximum atomic E-state index is 6.09. The van der Waals surface area contributed by atoms with Gasteiger partial charge in [-0.05, 0) is 30.3 Å². The lowest BCUT2D eigenvalue weighted by atomic mass is 10.2. The Morgan fingerprint density at radius 2 is 2.00 bits per heavy atom. The van der Waals surface area contributed by atoms with Crippen LogP contribution < -0.4 is 5.32 Å². The number of rotatable bonds is 3. The van der Waals surface area contributed by atoms with E-state index in [1.807, 2.05) is 30.6 Å². The topological polar surface area (TPSA) is 29.8 Å². The molecular formula is C12H12Cl2NO+. The first-order valence-electron chi connectivity index (χ1n) is 5.02. The van der Waals surface area contributed by atoms with Gasteiger partial charge in [0, 0.05) is 10.6 Å². The summed E-state index contributed by atoms with van der Waals surface area (Å²) in [5.74, 6) is 1.68. The molecule has 2 N–H and O–H groups in total. The van der Waals surface area contributed by atoms with Gasteiger partial charge in [-0.3, -0.25) is 0 Å². The fourth-order valence-electron chi connectivity index (χ4n) is 1.52. The second-order valence-electron chi connectivity index (χ2n) is 3.50. The lowest BCUT2D eigenvalue weighted by molar-refractivity contribution is -0.645. The van der Waals surface area contributed by atoms with Crippen molar-refractivity contribution < 1.29 is 9.73 Å². The van der Waals surface area contributed by atoms with Crippen molar-refractivity contribution in [1.29, 1.82) is 0 Å². The quantitative estimate of drug-likeness (QED) is 0.900. The van der Waals surface area contributed by atoms with Crippen LogP contribution in [0, 0.1) is 0 Å². The van der Waals surface area contributed by atoms with Crippen molar-refractivity contribution in [2.24, 2.45) is 0 Å². The molecule has 4 heteroatoms. The SMILES string of the molecule is C[NH2+]Cc1ccc(-c2cc(Cl)ccc2Cl)o1. The monoisotopic (exact) mass is 256 g/mol. The molecule has 0 saturated heterocycles. The predicted octanol–water partition coefficient (Wildman–Crippen LogP) is 2.95. The highest BCUT2D eigenvalue weighted by atomic mass is 35.5. The van der Waals surface area contributed by atoms with Crippen molar-refractivity contribution in [3.63, 3.8) is 0 Å². The summed E-state index contributed by atoms with van der Waals surface area (Å²) >= 11 is 12.0. The molecular weight excluding hydrogens is 245 g/mol. The molecule has 0 bridgehead atoms. The molecule has 0 aliphatic heterocycles. The molecule has 0 amide bonds. The van der Waals surface area contributed by atoms with Crippen LogP contribution in [0.4, 0.5) is 0 Å². The van der Waals surface area contributed by atoms with Crippen molar-refractivity contribution in [3.05, 3.63) is 46.1 Å². The van der Waals surface area contributed by atoms with Crippen LogP contribution >= 0.6 is 23.2 Å². The molecule has 0 unspecified atom stereocenters. The number of quaternary nitrogens is 1. The highest BCUT2D eigenvalue weighted by molar-refractivity contribution is 6.35. The molecule has 0 aliphatic rings. The van der Waals surface area contributed by atoms with Crippen LogP contribution in [0.1, 0.15) is 5.76 Å². The Hall–Kier alpha value is -0.960. The van der Waals surface area contributed by atoms with Crippen molar-refractivity contribution in [2.45, 2.75) is 6.54 Å². The maximum absolute atomic E-state index is 6.09. The summed E-state index contributed by atoms with van der Waals surface area (Å²) in [5.41, 5.74) is 0.830. The Labute approximate surface area is 104 Å². The third-order valence-electron chi connectivity index (χ3n) is 2.26. The first kappa shape index (κ1) is 11.5. The van der Waals surface area contributed by atoms with Gasteiger partial charge in [-0.15, -0.1) is 0 Å². The lowest BCUT2D eigenvalue weighted by Gasteiger charge is -2.01. The number of nitrogens with two attached hydrogens (primary N) is 1. The van der Waals surface area contributed by atoms with E-state index in [1.165, 1.54) is 0 Å². The third kappa shape index (κ3) is 2.40. The summed E-state index contributed by atoms with van der Waals surface area (Å²) < 4.78 is 5.67. The van der Waals surface area contributed by atoms with Gasteiger partial charge < -0.3 is 9.73 Å². The Morgan fingerprint density at radius 1 is 1.19 bits per heavy atom. The van der Waals surface area contributed by atoms with Gasteiger partial charge in [-0.25, -0.2) is 0 Å². The van der Waals surface area contributed by atoms with Crippen LogP contribution in [0.5, 0.6) is 0 Å². The van der Waals surface area contributed by atoms with Gasteiger partial charge in [-0.2, -0.15) is 0 Å². The van der Waals surface area contributed by atoms with Crippen molar-refractivity contribution in [3.8, 4) is 11.3 Å². The van der Waals surface area contributed by atoms with Crippen molar-refractivity contribution >= 4 is 23.2 Å². The van der Waals surface area contributed by atoms with Gasteiger partial charge in [0.1, 0.15) is 12.3 Å². The first-order chi connectivity index (χ1) is 7.70. The summed E-state index contributed by atoms with van der Waals surface area (Å²) in [6.07, 6.45) is 0. The van der Waals surface area contributed by atoms with Crippen molar-refractivity contribution in [1.82, 2.24) is 0 Å². The van der Waals surface area contributed by atoms with Crippen LogP contribution in [-0.2, 0) is 6.54 Å². The molecule has 2 aromatic rings. The molecule has 0 spiro atoms. The Bertz CT molecular complexity index is 494. The average molecular weight is 257 g/mol. The predicted molar refractivity (Wildman–Crippen MR) is 65.7 cm³/mol. The number of benzene rings is 1. The minimum Gasteiger partial charge on any atom is -0.455 e. The van der Waals surface area contributed by atoms with E-state index in [0.29, 0.717) is 10.0 Å². The first-order valence-corrected chi connectivity index (χ1v) is 5.78. The van der Waals surface area contributed by atoms with Gasteiger partial charge in [0.05, 0.1) is 12.1 Å². The smallest absolute Gasteiger partial charge is 0.158 e. The average Bonchev–Trinajstić information content (AvgIpc) is 2.71. The lowest BCUT2D eigenvalue weighted by Crippen LogP contribution is -2.77. The van der Waals surface area contributed by atoms with Gasteiger partial charge in [0.2, 0.25) is 0 Å². The van der Waals surface area contributed by atoms with Crippen LogP contribution in [-0.4, -0.2) is 7.05 Å². The zero-order valence-corrected chi connectivity index (χ0v) is 10.3. The second kappa shape index (κ2) is 4.91. The summed E-state index contributed by atoms with van der Waals surface area (Å²) in [6, 6.07) is 9.20. The molecule has 0 fully saturated rings. The minimum atomic E-state index is 0.644. The van der Waals surface area contributed by atoms with Crippen LogP contribution in [0.15, 0.2) is 34.7 Å². The van der Waals surface area contributed by atoms with E-state index < -0.39 is 0 Å². The molecule has 16 heavy (non-hydrogen) atoms. The highest BCUT2D eigenvalue weighted by Gasteiger charge is 2.09. The summed E-state index contributed by atoms with van der Waals surface area (Å²) in [5, 5.41) is 3.34. The second-order valence-corrected chi connectivity index (χ2v) is 4.35. The van der Waals surface area contributed by atoms with Gasteiger partial charge in [0.25, 0.3) is 0 Å². The van der Waals surface area contributed by atoms with Crippen LogP contribution in [0.3, 0.4) is 0 Å². The van der Waals surface area contributed by atoms with E-state index in [1.54, 1.807) is 12.1 Å². The Kier molecular flexibility index (Phi) is 3.54. The van der Waals surface area contributed by atoms with E-state index in [9.17, 15) is 0 Å². The molecule has 0 aliphatic carbocycles. The zero-order chi connectivity index (χ0) is 11.5. The third-order valence-corrected chi connectivity index (χ3v) is 2.83. The molecule has 1 aromatic heterocycles. The van der Waals surface area contributed by atoms with E-state index >= 15 is 0 Å².